The second-order valence-electron chi connectivity index (χ2n) is 10.4. The molecule has 2 rings (SSSR count). The number of guanidine groups is 1. The number of carbonyl (C=O) groups excluding carboxylic acids is 2. The molecule has 1 saturated heterocycles. The Kier molecular flexibility index (Phi) is 10.4. The van der Waals surface area contributed by atoms with E-state index in [0.717, 1.165) is 36.1 Å². The van der Waals surface area contributed by atoms with Crippen LogP contribution < -0.4 is 5.32 Å². The van der Waals surface area contributed by atoms with Gasteiger partial charge < -0.3 is 14.4 Å². The van der Waals surface area contributed by atoms with Gasteiger partial charge in [-0.25, -0.2) is 19.5 Å². The molecule has 1 heterocycles. The zero-order valence-electron chi connectivity index (χ0n) is 21.3. The number of alkyl carbamates (subject to hydrolysis) is 1. The largest absolute Gasteiger partial charge is 0.444 e. The summed E-state index contributed by atoms with van der Waals surface area (Å²) in [6, 6.07) is 7.72. The fraction of sp³-hybridized carbons (Fsp3) is 0.640. The Balaban J connectivity index is 2.27. The van der Waals surface area contributed by atoms with E-state index in [1.54, 1.807) is 20.8 Å². The Morgan fingerprint density at radius 2 is 1.74 bits per heavy atom. The van der Waals surface area contributed by atoms with Gasteiger partial charge in [-0.2, -0.15) is 0 Å². The van der Waals surface area contributed by atoms with Gasteiger partial charge in [-0.15, -0.1) is 0 Å². The second kappa shape index (κ2) is 12.5. The number of amides is 2. The molecule has 9 heteroatoms. The summed E-state index contributed by atoms with van der Waals surface area (Å²) in [5, 5.41) is 2.69. The zero-order valence-corrected chi connectivity index (χ0v) is 22.9. The van der Waals surface area contributed by atoms with Crippen molar-refractivity contribution < 1.29 is 19.1 Å². The van der Waals surface area contributed by atoms with Crippen LogP contribution in [0.3, 0.4) is 0 Å². The van der Waals surface area contributed by atoms with Gasteiger partial charge in [0, 0.05) is 11.0 Å². The van der Waals surface area contributed by atoms with Crippen LogP contribution in [0.5, 0.6) is 0 Å². The van der Waals surface area contributed by atoms with Crippen LogP contribution in [-0.4, -0.2) is 65.3 Å². The Hall–Kier alpha value is -2.13. The summed E-state index contributed by atoms with van der Waals surface area (Å²) in [6.45, 7) is 14.4. The Morgan fingerprint density at radius 3 is 2.32 bits per heavy atom. The molecule has 0 spiro atoms. The molecule has 0 saturated carbocycles. The third-order valence-electron chi connectivity index (χ3n) is 4.84. The molecule has 0 unspecified atom stereocenters. The van der Waals surface area contributed by atoms with E-state index in [1.165, 1.54) is 17.7 Å². The van der Waals surface area contributed by atoms with Crippen LogP contribution in [0.2, 0.25) is 0 Å². The molecular weight excluding hydrogens is 500 g/mol. The number of carbonyl (C=O) groups is 2. The minimum absolute atomic E-state index is 0.116. The quantitative estimate of drug-likeness (QED) is 0.379. The summed E-state index contributed by atoms with van der Waals surface area (Å²) in [6.07, 6.45) is 1.90. The molecule has 8 nitrogen and oxygen atoms in total. The predicted octanol–water partition coefficient (Wildman–Crippen LogP) is 5.55. The second-order valence-corrected chi connectivity index (χ2v) is 11.3. The highest BCUT2D eigenvalue weighted by molar-refractivity contribution is 9.10. The van der Waals surface area contributed by atoms with Crippen molar-refractivity contribution in [1.29, 1.82) is 0 Å². The van der Waals surface area contributed by atoms with E-state index < -0.39 is 23.4 Å². The number of hydrogen-bond acceptors (Lipinski definition) is 6. The zero-order chi connectivity index (χ0) is 25.4. The van der Waals surface area contributed by atoms with E-state index in [4.69, 9.17) is 9.47 Å². The van der Waals surface area contributed by atoms with Crippen LogP contribution in [0, 0.1) is 0 Å². The molecule has 1 N–H and O–H groups in total. The van der Waals surface area contributed by atoms with E-state index in [2.05, 4.69) is 31.1 Å². The predicted molar refractivity (Wildman–Crippen MR) is 138 cm³/mol. The monoisotopic (exact) mass is 538 g/mol. The fourth-order valence-electron chi connectivity index (χ4n) is 3.45. The van der Waals surface area contributed by atoms with Gasteiger partial charge in [-0.05, 0) is 98.1 Å². The molecule has 1 aromatic carbocycles. The molecule has 0 bridgehead atoms. The molecule has 1 aliphatic rings. The van der Waals surface area contributed by atoms with Gasteiger partial charge in [0.25, 0.3) is 0 Å². The van der Waals surface area contributed by atoms with E-state index in [1.807, 2.05) is 45.0 Å². The molecule has 0 radical (unpaired) electrons. The Bertz CT molecular complexity index is 855. The minimum atomic E-state index is -0.689. The van der Waals surface area contributed by atoms with Gasteiger partial charge in [0.05, 0.1) is 6.54 Å². The van der Waals surface area contributed by atoms with Gasteiger partial charge in [0.1, 0.15) is 11.2 Å². The highest BCUT2D eigenvalue weighted by atomic mass is 79.9. The number of nitrogens with one attached hydrogen (secondary N) is 1. The van der Waals surface area contributed by atoms with Crippen molar-refractivity contribution in [2.45, 2.75) is 78.6 Å². The lowest BCUT2D eigenvalue weighted by Crippen LogP contribution is -2.50. The lowest BCUT2D eigenvalue weighted by Gasteiger charge is -2.29. The first-order valence-corrected chi connectivity index (χ1v) is 12.6. The van der Waals surface area contributed by atoms with Gasteiger partial charge in [0.2, 0.25) is 5.96 Å². The number of rotatable bonds is 6. The molecule has 1 aromatic rings. The average Bonchev–Trinajstić information content (AvgIpc) is 3.19. The van der Waals surface area contributed by atoms with Gasteiger partial charge in [-0.3, -0.25) is 5.32 Å². The first-order chi connectivity index (χ1) is 15.8. The summed E-state index contributed by atoms with van der Waals surface area (Å²) >= 11 is 3.47. The van der Waals surface area contributed by atoms with Crippen molar-refractivity contribution in [2.75, 3.05) is 26.2 Å². The smallest absolute Gasteiger partial charge is 0.417 e. The SMILES string of the molecule is CC(C)(C)OC(=O)NC(=NCc1cccc(Br)c1)N(CCCN1CCCC1)C(=O)OC(C)(C)C. The van der Waals surface area contributed by atoms with Gasteiger partial charge >= 0.3 is 12.2 Å². The lowest BCUT2D eigenvalue weighted by molar-refractivity contribution is 0.0354. The van der Waals surface area contributed by atoms with E-state index >= 15 is 0 Å². The third-order valence-corrected chi connectivity index (χ3v) is 5.33. The van der Waals surface area contributed by atoms with Crippen molar-refractivity contribution in [1.82, 2.24) is 15.1 Å². The van der Waals surface area contributed by atoms with E-state index in [9.17, 15) is 9.59 Å². The molecule has 2 amide bonds. The fourth-order valence-corrected chi connectivity index (χ4v) is 3.89. The van der Waals surface area contributed by atoms with Crippen LogP contribution >= 0.6 is 15.9 Å². The maximum atomic E-state index is 13.2. The van der Waals surface area contributed by atoms with Crippen molar-refractivity contribution in [3.63, 3.8) is 0 Å². The molecule has 1 aliphatic heterocycles. The van der Waals surface area contributed by atoms with Gasteiger partial charge in [0.15, 0.2) is 0 Å². The molecule has 0 aliphatic carbocycles. The standard InChI is InChI=1S/C25H39BrN4O4/c1-24(2,3)33-22(31)28-21(27-18-19-11-9-12-20(26)17-19)30(23(32)34-25(4,5)6)16-10-15-29-13-7-8-14-29/h9,11-12,17H,7-8,10,13-16,18H2,1-6H3,(H,27,28,31). The number of halogens is 1. The summed E-state index contributed by atoms with van der Waals surface area (Å²) in [7, 11) is 0. The van der Waals surface area contributed by atoms with Crippen molar-refractivity contribution in [2.24, 2.45) is 4.99 Å². The maximum Gasteiger partial charge on any atom is 0.417 e. The third kappa shape index (κ3) is 10.9. The summed E-state index contributed by atoms with van der Waals surface area (Å²) in [4.78, 5) is 34.2. The van der Waals surface area contributed by atoms with Crippen LogP contribution in [0.15, 0.2) is 33.7 Å². The minimum Gasteiger partial charge on any atom is -0.444 e. The molecule has 1 fully saturated rings. The first-order valence-electron chi connectivity index (χ1n) is 11.8. The van der Waals surface area contributed by atoms with E-state index in [0.29, 0.717) is 6.54 Å². The highest BCUT2D eigenvalue weighted by Gasteiger charge is 2.28. The summed E-state index contributed by atoms with van der Waals surface area (Å²) in [5.74, 6) is 0.116. The number of aliphatic imine (C=N–C) groups is 1. The maximum absolute atomic E-state index is 13.2. The summed E-state index contributed by atoms with van der Waals surface area (Å²) < 4.78 is 12.0. The van der Waals surface area contributed by atoms with E-state index in [-0.39, 0.29) is 12.5 Å². The van der Waals surface area contributed by atoms with Crippen LogP contribution in [0.4, 0.5) is 9.59 Å². The summed E-state index contributed by atoms with van der Waals surface area (Å²) in [5.41, 5.74) is -0.448. The van der Waals surface area contributed by atoms with Crippen LogP contribution in [0.25, 0.3) is 0 Å². The number of ether oxygens (including phenoxy) is 2. The molecular formula is C25H39BrN4O4. The topological polar surface area (TPSA) is 83.5 Å². The van der Waals surface area contributed by atoms with Crippen molar-refractivity contribution in [3.8, 4) is 0 Å². The number of hydrogen-bond donors (Lipinski definition) is 1. The number of likely N-dealkylation sites (tertiary alicyclic amines) is 1. The highest BCUT2D eigenvalue weighted by Crippen LogP contribution is 2.15. The average molecular weight is 540 g/mol. The Labute approximate surface area is 212 Å². The molecule has 0 aromatic heterocycles. The molecule has 0 atom stereocenters. The number of nitrogens with zero attached hydrogens (tertiary/aromatic N) is 3. The van der Waals surface area contributed by atoms with Crippen molar-refractivity contribution in [3.05, 3.63) is 34.3 Å². The van der Waals surface area contributed by atoms with Crippen LogP contribution in [0.1, 0.15) is 66.4 Å². The van der Waals surface area contributed by atoms with Gasteiger partial charge in [-0.1, -0.05) is 28.1 Å². The van der Waals surface area contributed by atoms with Crippen molar-refractivity contribution >= 4 is 34.1 Å². The molecule has 190 valence electrons. The molecule has 34 heavy (non-hydrogen) atoms. The van der Waals surface area contributed by atoms with Crippen LogP contribution in [-0.2, 0) is 16.0 Å². The first kappa shape index (κ1) is 28.1. The lowest BCUT2D eigenvalue weighted by atomic mass is 10.2. The Morgan fingerprint density at radius 1 is 1.09 bits per heavy atom. The number of benzene rings is 1. The normalized spacial score (nSPS) is 15.2.